The van der Waals surface area contributed by atoms with E-state index in [1.165, 1.54) is 0 Å². The lowest BCUT2D eigenvalue weighted by molar-refractivity contribution is -0.125. The molecule has 1 aliphatic rings. The van der Waals surface area contributed by atoms with Crippen LogP contribution in [0.4, 0.5) is 5.69 Å². The fourth-order valence-corrected chi connectivity index (χ4v) is 2.47. The number of imide groups is 1. The highest BCUT2D eigenvalue weighted by molar-refractivity contribution is 6.03. The molecule has 1 saturated heterocycles. The summed E-state index contributed by atoms with van der Waals surface area (Å²) in [6, 6.07) is 7.40. The number of benzene rings is 1. The first kappa shape index (κ1) is 16.2. The molecule has 1 aromatic rings. The molecular formula is C17H22N2O3. The Kier molecular flexibility index (Phi) is 4.64. The minimum Gasteiger partial charge on any atom is -0.326 e. The monoisotopic (exact) mass is 302 g/mol. The molecule has 0 aliphatic carbocycles. The van der Waals surface area contributed by atoms with Crippen LogP contribution in [0.3, 0.4) is 0 Å². The van der Waals surface area contributed by atoms with Crippen LogP contribution in [-0.4, -0.2) is 17.7 Å². The van der Waals surface area contributed by atoms with Gasteiger partial charge in [-0.15, -0.1) is 0 Å². The van der Waals surface area contributed by atoms with Gasteiger partial charge in [0.1, 0.15) is 0 Å². The van der Waals surface area contributed by atoms with Crippen LogP contribution in [0.15, 0.2) is 24.3 Å². The molecule has 0 bridgehead atoms. The summed E-state index contributed by atoms with van der Waals surface area (Å²) >= 11 is 0. The fraction of sp³-hybridized carbons (Fsp3) is 0.471. The molecule has 5 nitrogen and oxygen atoms in total. The van der Waals surface area contributed by atoms with Gasteiger partial charge in [-0.25, -0.2) is 0 Å². The number of amides is 3. The number of hydrogen-bond donors (Lipinski definition) is 2. The van der Waals surface area contributed by atoms with Gasteiger partial charge in [0.25, 0.3) is 0 Å². The van der Waals surface area contributed by atoms with Crippen molar-refractivity contribution >= 4 is 23.4 Å². The zero-order chi connectivity index (χ0) is 16.3. The Hall–Kier alpha value is -2.17. The maximum absolute atomic E-state index is 11.9. The molecule has 5 heteroatoms. The predicted molar refractivity (Wildman–Crippen MR) is 84.1 cm³/mol. The van der Waals surface area contributed by atoms with Crippen LogP contribution in [0.5, 0.6) is 0 Å². The largest absolute Gasteiger partial charge is 0.326 e. The zero-order valence-corrected chi connectivity index (χ0v) is 13.2. The SMILES string of the molecule is CC(C)(C)CC(=O)Nc1ccc(CC2CC(=O)NC2=O)cc1. The first-order valence-corrected chi connectivity index (χ1v) is 7.45. The number of nitrogens with one attached hydrogen (secondary N) is 2. The molecule has 1 atom stereocenters. The number of carbonyl (C=O) groups excluding carboxylic acids is 3. The van der Waals surface area contributed by atoms with Crippen molar-refractivity contribution in [3.05, 3.63) is 29.8 Å². The Morgan fingerprint density at radius 1 is 1.23 bits per heavy atom. The van der Waals surface area contributed by atoms with Crippen molar-refractivity contribution in [1.82, 2.24) is 5.32 Å². The summed E-state index contributed by atoms with van der Waals surface area (Å²) in [5.74, 6) is -0.705. The maximum Gasteiger partial charge on any atom is 0.230 e. The first-order chi connectivity index (χ1) is 10.2. The summed E-state index contributed by atoms with van der Waals surface area (Å²) in [7, 11) is 0. The molecule has 1 heterocycles. The van der Waals surface area contributed by atoms with Gasteiger partial charge in [-0.05, 0) is 29.5 Å². The van der Waals surface area contributed by atoms with Gasteiger partial charge < -0.3 is 5.32 Å². The summed E-state index contributed by atoms with van der Waals surface area (Å²) < 4.78 is 0. The number of rotatable bonds is 4. The van der Waals surface area contributed by atoms with Crippen molar-refractivity contribution in [3.63, 3.8) is 0 Å². The highest BCUT2D eigenvalue weighted by Gasteiger charge is 2.30. The zero-order valence-electron chi connectivity index (χ0n) is 13.2. The Morgan fingerprint density at radius 3 is 2.36 bits per heavy atom. The molecule has 1 fully saturated rings. The molecular weight excluding hydrogens is 280 g/mol. The van der Waals surface area contributed by atoms with Gasteiger partial charge in [-0.3, -0.25) is 19.7 Å². The Bertz CT molecular complexity index is 585. The lowest BCUT2D eigenvalue weighted by Gasteiger charge is -2.17. The van der Waals surface area contributed by atoms with Gasteiger partial charge >= 0.3 is 0 Å². The number of hydrogen-bond acceptors (Lipinski definition) is 3. The minimum atomic E-state index is -0.283. The van der Waals surface area contributed by atoms with E-state index in [1.807, 2.05) is 45.0 Å². The van der Waals surface area contributed by atoms with Crippen molar-refractivity contribution in [3.8, 4) is 0 Å². The Labute approximate surface area is 130 Å². The van der Waals surface area contributed by atoms with E-state index < -0.39 is 0 Å². The number of anilines is 1. The Balaban J connectivity index is 1.92. The molecule has 118 valence electrons. The lowest BCUT2D eigenvalue weighted by atomic mass is 9.92. The summed E-state index contributed by atoms with van der Waals surface area (Å²) in [5.41, 5.74) is 1.67. The molecule has 2 rings (SSSR count). The second-order valence-electron chi connectivity index (χ2n) is 7.00. The van der Waals surface area contributed by atoms with Gasteiger partial charge in [0, 0.05) is 18.5 Å². The summed E-state index contributed by atoms with van der Waals surface area (Å²) in [5, 5.41) is 5.17. The van der Waals surface area contributed by atoms with Crippen molar-refractivity contribution in [2.24, 2.45) is 11.3 Å². The molecule has 1 unspecified atom stereocenters. The average Bonchev–Trinajstić information content (AvgIpc) is 2.68. The summed E-state index contributed by atoms with van der Waals surface area (Å²) in [4.78, 5) is 34.6. The lowest BCUT2D eigenvalue weighted by Crippen LogP contribution is -2.22. The van der Waals surface area contributed by atoms with Crippen LogP contribution in [0, 0.1) is 11.3 Å². The standard InChI is InChI=1S/C17H22N2O3/c1-17(2,3)10-15(21)18-13-6-4-11(5-7-13)8-12-9-14(20)19-16(12)22/h4-7,12H,8-10H2,1-3H3,(H,18,21)(H,19,20,22). The predicted octanol–water partition coefficient (Wildman–Crippen LogP) is 2.27. The normalized spacial score (nSPS) is 18.2. The molecule has 1 aliphatic heterocycles. The van der Waals surface area contributed by atoms with Crippen LogP contribution in [0.25, 0.3) is 0 Å². The number of carbonyl (C=O) groups is 3. The van der Waals surface area contributed by atoms with Gasteiger partial charge in [0.2, 0.25) is 17.7 Å². The van der Waals surface area contributed by atoms with Crippen molar-refractivity contribution < 1.29 is 14.4 Å². The molecule has 0 saturated carbocycles. The fourth-order valence-electron chi connectivity index (χ4n) is 2.47. The quantitative estimate of drug-likeness (QED) is 0.838. The average molecular weight is 302 g/mol. The van der Waals surface area contributed by atoms with Crippen molar-refractivity contribution in [2.75, 3.05) is 5.32 Å². The van der Waals surface area contributed by atoms with E-state index in [-0.39, 0.29) is 35.5 Å². The first-order valence-electron chi connectivity index (χ1n) is 7.45. The smallest absolute Gasteiger partial charge is 0.230 e. The van der Waals surface area contributed by atoms with Gasteiger partial charge in [0.15, 0.2) is 0 Å². The van der Waals surface area contributed by atoms with E-state index in [1.54, 1.807) is 0 Å². The molecule has 0 aromatic heterocycles. The van der Waals surface area contributed by atoms with Crippen LogP contribution in [-0.2, 0) is 20.8 Å². The third kappa shape index (κ3) is 4.69. The highest BCUT2D eigenvalue weighted by Crippen LogP contribution is 2.21. The highest BCUT2D eigenvalue weighted by atomic mass is 16.2. The molecule has 0 radical (unpaired) electrons. The molecule has 2 N–H and O–H groups in total. The molecule has 3 amide bonds. The van der Waals surface area contributed by atoms with Crippen LogP contribution in [0.1, 0.15) is 39.2 Å². The molecule has 22 heavy (non-hydrogen) atoms. The van der Waals surface area contributed by atoms with E-state index in [0.29, 0.717) is 12.8 Å². The second-order valence-corrected chi connectivity index (χ2v) is 7.00. The van der Waals surface area contributed by atoms with Gasteiger partial charge in [0.05, 0.1) is 5.92 Å². The van der Waals surface area contributed by atoms with E-state index in [9.17, 15) is 14.4 Å². The van der Waals surface area contributed by atoms with Crippen molar-refractivity contribution in [2.45, 2.75) is 40.0 Å². The maximum atomic E-state index is 11.9. The topological polar surface area (TPSA) is 75.3 Å². The second kappa shape index (κ2) is 6.30. The van der Waals surface area contributed by atoms with E-state index >= 15 is 0 Å². The Morgan fingerprint density at radius 2 is 1.86 bits per heavy atom. The van der Waals surface area contributed by atoms with Crippen LogP contribution >= 0.6 is 0 Å². The van der Waals surface area contributed by atoms with Gasteiger partial charge in [-0.2, -0.15) is 0 Å². The minimum absolute atomic E-state index is 0.0129. The van der Waals surface area contributed by atoms with E-state index in [2.05, 4.69) is 10.6 Å². The van der Waals surface area contributed by atoms with E-state index in [0.717, 1.165) is 11.3 Å². The van der Waals surface area contributed by atoms with Gasteiger partial charge in [-0.1, -0.05) is 32.9 Å². The summed E-state index contributed by atoms with van der Waals surface area (Å²) in [6.45, 7) is 6.05. The van der Waals surface area contributed by atoms with Crippen molar-refractivity contribution in [1.29, 1.82) is 0 Å². The molecule has 0 spiro atoms. The van der Waals surface area contributed by atoms with Crippen LogP contribution in [0.2, 0.25) is 0 Å². The van der Waals surface area contributed by atoms with E-state index in [4.69, 9.17) is 0 Å². The third-order valence-electron chi connectivity index (χ3n) is 3.48. The molecule has 1 aromatic carbocycles. The summed E-state index contributed by atoms with van der Waals surface area (Å²) in [6.07, 6.45) is 1.25. The third-order valence-corrected chi connectivity index (χ3v) is 3.48. The van der Waals surface area contributed by atoms with Crippen LogP contribution < -0.4 is 10.6 Å².